The number of nitrogens with one attached hydrogen (secondary N) is 2. The SMILES string of the molecule is COc1c(CN2O[C@@H](CO)[C@H]([C@H](C)O)[C@H]2C(=O)N[C@H]2C[C@H]3C[C@H]([C@@H]2C)C3(C)C)cccc1-c1cc(CNCCN(C)C)cc(N(C)C)c1. The molecule has 8 atom stereocenters. The highest BCUT2D eigenvalue weighted by Gasteiger charge is 2.57. The van der Waals surface area contributed by atoms with Crippen molar-refractivity contribution < 1.29 is 24.6 Å². The van der Waals surface area contributed by atoms with Crippen molar-refractivity contribution in [2.45, 2.75) is 77.9 Å². The molecule has 4 N–H and O–H groups in total. The largest absolute Gasteiger partial charge is 0.496 e. The van der Waals surface area contributed by atoms with Gasteiger partial charge in [-0.3, -0.25) is 9.63 Å². The number of anilines is 1. The van der Waals surface area contributed by atoms with Gasteiger partial charge in [-0.2, -0.15) is 5.06 Å². The second-order valence-corrected chi connectivity index (χ2v) is 15.5. The first-order valence-corrected chi connectivity index (χ1v) is 17.6. The molecule has 4 aliphatic rings. The number of amides is 1. The average Bonchev–Trinajstić information content (AvgIpc) is 3.42. The van der Waals surface area contributed by atoms with E-state index in [9.17, 15) is 15.0 Å². The second kappa shape index (κ2) is 15.0. The first-order chi connectivity index (χ1) is 22.8. The maximum absolute atomic E-state index is 14.2. The van der Waals surface area contributed by atoms with E-state index in [0.29, 0.717) is 28.9 Å². The van der Waals surface area contributed by atoms with Crippen LogP contribution in [0.15, 0.2) is 36.4 Å². The van der Waals surface area contributed by atoms with Gasteiger partial charge in [0.05, 0.1) is 26.4 Å². The van der Waals surface area contributed by atoms with Gasteiger partial charge < -0.3 is 35.4 Å². The minimum atomic E-state index is -0.856. The molecule has 0 aromatic heterocycles. The van der Waals surface area contributed by atoms with Gasteiger partial charge in [-0.1, -0.05) is 39.0 Å². The van der Waals surface area contributed by atoms with Gasteiger partial charge in [-0.05, 0) is 86.4 Å². The Morgan fingerprint density at radius 1 is 1.17 bits per heavy atom. The van der Waals surface area contributed by atoms with E-state index in [-0.39, 0.29) is 25.1 Å². The third-order valence-electron chi connectivity index (χ3n) is 11.6. The van der Waals surface area contributed by atoms with E-state index in [1.165, 1.54) is 12.0 Å². The van der Waals surface area contributed by atoms with Crippen LogP contribution < -0.4 is 20.3 Å². The summed E-state index contributed by atoms with van der Waals surface area (Å²) in [5.41, 5.74) is 5.40. The van der Waals surface area contributed by atoms with Crippen LogP contribution in [0.5, 0.6) is 5.75 Å². The molecule has 3 saturated carbocycles. The summed E-state index contributed by atoms with van der Waals surface area (Å²) in [7, 11) is 9.90. The van der Waals surface area contributed by atoms with E-state index in [1.807, 2.05) is 26.2 Å². The Balaban J connectivity index is 1.42. The van der Waals surface area contributed by atoms with Crippen LogP contribution >= 0.6 is 0 Å². The van der Waals surface area contributed by atoms with E-state index in [0.717, 1.165) is 48.4 Å². The maximum Gasteiger partial charge on any atom is 0.240 e. The Labute approximate surface area is 287 Å². The van der Waals surface area contributed by atoms with Crippen LogP contribution in [-0.4, -0.2) is 105 Å². The third kappa shape index (κ3) is 7.39. The topological polar surface area (TPSA) is 110 Å². The van der Waals surface area contributed by atoms with Crippen molar-refractivity contribution in [3.8, 4) is 16.9 Å². The smallest absolute Gasteiger partial charge is 0.240 e. The summed E-state index contributed by atoms with van der Waals surface area (Å²) in [5.74, 6) is 1.51. The van der Waals surface area contributed by atoms with Crippen molar-refractivity contribution in [3.63, 3.8) is 0 Å². The van der Waals surface area contributed by atoms with Crippen molar-refractivity contribution in [1.29, 1.82) is 0 Å². The number of hydroxylamine groups is 2. The molecule has 0 radical (unpaired) electrons. The minimum absolute atomic E-state index is 0.0763. The average molecular weight is 666 g/mol. The van der Waals surface area contributed by atoms with E-state index in [2.05, 4.69) is 79.6 Å². The van der Waals surface area contributed by atoms with Crippen LogP contribution in [0.3, 0.4) is 0 Å². The van der Waals surface area contributed by atoms with Crippen LogP contribution in [0, 0.1) is 29.1 Å². The minimum Gasteiger partial charge on any atom is -0.496 e. The molecule has 48 heavy (non-hydrogen) atoms. The van der Waals surface area contributed by atoms with Gasteiger partial charge in [0, 0.05) is 62.5 Å². The van der Waals surface area contributed by atoms with Crippen LogP contribution in [-0.2, 0) is 22.7 Å². The third-order valence-corrected chi connectivity index (χ3v) is 11.6. The standard InChI is InChI=1S/C38H59N5O5/c1-23-31-18-28(38(31,3)4)19-32(23)40-37(46)35-34(24(2)45)33(22-44)48-43(35)21-26-11-10-12-30(36(26)47-9)27-15-25(16-29(17-27)42(7)8)20-39-13-14-41(5)6/h10-12,15-17,23-24,28,31-35,39,44-45H,13-14,18-22H2,1-9H3,(H,40,46)/t23-,24-,28+,31+,32-,33-,34-,35-/m0/s1. The number of para-hydroxylation sites is 1. The number of methoxy groups -OCH3 is 1. The highest BCUT2D eigenvalue weighted by atomic mass is 16.7. The molecule has 2 aromatic rings. The summed E-state index contributed by atoms with van der Waals surface area (Å²) < 4.78 is 6.08. The number of nitrogens with zero attached hydrogens (tertiary/aromatic N) is 3. The first kappa shape index (κ1) is 36.5. The lowest BCUT2D eigenvalue weighted by Gasteiger charge is -2.62. The van der Waals surface area contributed by atoms with E-state index in [1.54, 1.807) is 19.1 Å². The summed E-state index contributed by atoms with van der Waals surface area (Å²) in [5, 5.41) is 29.8. The molecule has 3 aliphatic carbocycles. The Hall–Kier alpha value is -2.73. The lowest BCUT2D eigenvalue weighted by molar-refractivity contribution is -0.183. The van der Waals surface area contributed by atoms with Crippen LogP contribution in [0.25, 0.3) is 11.1 Å². The predicted octanol–water partition coefficient (Wildman–Crippen LogP) is 3.74. The zero-order valence-electron chi connectivity index (χ0n) is 30.5. The van der Waals surface area contributed by atoms with E-state index >= 15 is 0 Å². The number of rotatable bonds is 14. The molecule has 0 spiro atoms. The molecule has 1 saturated heterocycles. The Kier molecular flexibility index (Phi) is 11.4. The fourth-order valence-corrected chi connectivity index (χ4v) is 8.56. The summed E-state index contributed by atoms with van der Waals surface area (Å²) in [6.45, 7) is 11.2. The van der Waals surface area contributed by atoms with Crippen LogP contribution in [0.1, 0.15) is 51.7 Å². The number of hydrogen-bond donors (Lipinski definition) is 4. The molecule has 10 heteroatoms. The van der Waals surface area contributed by atoms with E-state index < -0.39 is 24.2 Å². The van der Waals surface area contributed by atoms with Gasteiger partial charge in [0.15, 0.2) is 0 Å². The van der Waals surface area contributed by atoms with Crippen LogP contribution in [0.4, 0.5) is 5.69 Å². The molecule has 1 amide bonds. The number of aliphatic hydroxyl groups excluding tert-OH is 2. The number of ether oxygens (including phenoxy) is 1. The Morgan fingerprint density at radius 2 is 1.92 bits per heavy atom. The zero-order chi connectivity index (χ0) is 34.9. The Morgan fingerprint density at radius 3 is 2.52 bits per heavy atom. The fraction of sp³-hybridized carbons (Fsp3) is 0.658. The quantitative estimate of drug-likeness (QED) is 0.225. The number of hydrogen-bond acceptors (Lipinski definition) is 9. The van der Waals surface area contributed by atoms with Crippen molar-refractivity contribution in [2.75, 3.05) is 59.9 Å². The number of fused-ring (bicyclic) bond motifs is 2. The molecule has 2 aromatic carbocycles. The van der Waals surface area contributed by atoms with E-state index in [4.69, 9.17) is 9.57 Å². The summed E-state index contributed by atoms with van der Waals surface area (Å²) >= 11 is 0. The maximum atomic E-state index is 14.2. The number of benzene rings is 2. The van der Waals surface area contributed by atoms with Crippen molar-refractivity contribution >= 4 is 11.6 Å². The molecule has 1 aliphatic heterocycles. The monoisotopic (exact) mass is 665 g/mol. The zero-order valence-corrected chi connectivity index (χ0v) is 30.5. The molecule has 4 fully saturated rings. The lowest BCUT2D eigenvalue weighted by Crippen LogP contribution is -2.62. The number of aliphatic hydroxyl groups is 2. The number of carbonyl (C=O) groups is 1. The highest BCUT2D eigenvalue weighted by molar-refractivity contribution is 5.83. The summed E-state index contributed by atoms with van der Waals surface area (Å²) in [4.78, 5) is 24.7. The highest BCUT2D eigenvalue weighted by Crippen LogP contribution is 2.61. The van der Waals surface area contributed by atoms with Gasteiger partial charge in [0.2, 0.25) is 5.91 Å². The molecular weight excluding hydrogens is 606 g/mol. The Bertz CT molecular complexity index is 1410. The van der Waals surface area contributed by atoms with Crippen molar-refractivity contribution in [1.82, 2.24) is 20.6 Å². The molecule has 10 nitrogen and oxygen atoms in total. The number of likely N-dealkylation sites (N-methyl/N-ethyl adjacent to an activating group) is 1. The van der Waals surface area contributed by atoms with Gasteiger partial charge in [0.1, 0.15) is 17.9 Å². The summed E-state index contributed by atoms with van der Waals surface area (Å²) in [6, 6.07) is 11.9. The van der Waals surface area contributed by atoms with Crippen molar-refractivity contribution in [2.24, 2.45) is 29.1 Å². The molecule has 0 unspecified atom stereocenters. The van der Waals surface area contributed by atoms with Crippen LogP contribution in [0.2, 0.25) is 0 Å². The first-order valence-electron chi connectivity index (χ1n) is 17.6. The molecule has 1 heterocycles. The lowest BCUT2D eigenvalue weighted by atomic mass is 9.45. The van der Waals surface area contributed by atoms with Gasteiger partial charge >= 0.3 is 0 Å². The summed E-state index contributed by atoms with van der Waals surface area (Å²) in [6.07, 6.45) is 0.627. The molecule has 2 bridgehead atoms. The fourth-order valence-electron chi connectivity index (χ4n) is 8.56. The molecular formula is C38H59N5O5. The molecule has 266 valence electrons. The predicted molar refractivity (Wildman–Crippen MR) is 191 cm³/mol. The van der Waals surface area contributed by atoms with Gasteiger partial charge in [-0.15, -0.1) is 0 Å². The normalized spacial score (nSPS) is 28.6. The molecule has 6 rings (SSSR count). The number of carbonyl (C=O) groups excluding carboxylic acids is 1. The van der Waals surface area contributed by atoms with Gasteiger partial charge in [0.25, 0.3) is 0 Å². The van der Waals surface area contributed by atoms with Crippen molar-refractivity contribution in [3.05, 3.63) is 47.5 Å². The van der Waals surface area contributed by atoms with Gasteiger partial charge in [-0.25, -0.2) is 0 Å². The second-order valence-electron chi connectivity index (χ2n) is 15.5.